The first kappa shape index (κ1) is 17.9. The Kier molecular flexibility index (Phi) is 5.05. The van der Waals surface area contributed by atoms with E-state index in [4.69, 9.17) is 0 Å². The van der Waals surface area contributed by atoms with Crippen LogP contribution in [0, 0.1) is 0 Å². The molecular formula is C20H23N5OS. The lowest BCUT2D eigenvalue weighted by molar-refractivity contribution is 0.0731. The van der Waals surface area contributed by atoms with Crippen LogP contribution in [0.2, 0.25) is 0 Å². The molecule has 0 N–H and O–H groups in total. The maximum Gasteiger partial charge on any atom is 0.273 e. The number of benzene rings is 1. The molecule has 3 heterocycles. The Bertz CT molecular complexity index is 919. The molecule has 4 rings (SSSR count). The van der Waals surface area contributed by atoms with Gasteiger partial charge in [0.05, 0.1) is 11.9 Å². The topological polar surface area (TPSA) is 54.3 Å². The van der Waals surface area contributed by atoms with Gasteiger partial charge in [-0.2, -0.15) is 5.10 Å². The van der Waals surface area contributed by atoms with E-state index in [0.717, 1.165) is 42.3 Å². The van der Waals surface area contributed by atoms with E-state index in [1.54, 1.807) is 6.20 Å². The number of hydrogen-bond acceptors (Lipinski definition) is 5. The van der Waals surface area contributed by atoms with Crippen molar-refractivity contribution in [2.75, 3.05) is 26.7 Å². The zero-order valence-electron chi connectivity index (χ0n) is 15.6. The molecule has 140 valence electrons. The van der Waals surface area contributed by atoms with Gasteiger partial charge in [0.15, 0.2) is 0 Å². The Balaban J connectivity index is 1.49. The standard InChI is InChI=1S/C20H23N5OS/c1-3-24-10-9-17(13-24)23(2)20(26)18-14-27-19(22-18)15-11-21-25(12-15)16-7-5-4-6-8-16/h4-8,11-12,14,17H,3,9-10,13H2,1-2H3. The predicted octanol–water partition coefficient (Wildman–Crippen LogP) is 3.16. The summed E-state index contributed by atoms with van der Waals surface area (Å²) in [6.45, 7) is 5.19. The van der Waals surface area contributed by atoms with Crippen LogP contribution in [-0.4, -0.2) is 63.2 Å². The lowest BCUT2D eigenvalue weighted by Gasteiger charge is -2.24. The van der Waals surface area contributed by atoms with Crippen LogP contribution in [0.25, 0.3) is 16.3 Å². The average molecular weight is 382 g/mol. The van der Waals surface area contributed by atoms with Crippen LogP contribution in [0.5, 0.6) is 0 Å². The fourth-order valence-electron chi connectivity index (χ4n) is 3.42. The third-order valence-corrected chi connectivity index (χ3v) is 6.03. The van der Waals surface area contributed by atoms with Crippen LogP contribution in [0.4, 0.5) is 0 Å². The van der Waals surface area contributed by atoms with E-state index in [0.29, 0.717) is 5.69 Å². The van der Waals surface area contributed by atoms with Crippen molar-refractivity contribution in [2.45, 2.75) is 19.4 Å². The second-order valence-corrected chi connectivity index (χ2v) is 7.66. The summed E-state index contributed by atoms with van der Waals surface area (Å²) < 4.78 is 1.82. The number of carbonyl (C=O) groups excluding carboxylic acids is 1. The van der Waals surface area contributed by atoms with Crippen molar-refractivity contribution in [1.82, 2.24) is 24.6 Å². The van der Waals surface area contributed by atoms with Crippen molar-refractivity contribution in [2.24, 2.45) is 0 Å². The van der Waals surface area contributed by atoms with Gasteiger partial charge >= 0.3 is 0 Å². The number of likely N-dealkylation sites (tertiary alicyclic amines) is 1. The first-order valence-electron chi connectivity index (χ1n) is 9.21. The molecular weight excluding hydrogens is 358 g/mol. The van der Waals surface area contributed by atoms with Crippen molar-refractivity contribution in [1.29, 1.82) is 0 Å². The van der Waals surface area contributed by atoms with Gasteiger partial charge in [0.1, 0.15) is 10.7 Å². The Hall–Kier alpha value is -2.51. The van der Waals surface area contributed by atoms with E-state index in [-0.39, 0.29) is 11.9 Å². The maximum absolute atomic E-state index is 12.8. The molecule has 1 amide bonds. The van der Waals surface area contributed by atoms with Crippen molar-refractivity contribution in [3.8, 4) is 16.3 Å². The molecule has 1 atom stereocenters. The molecule has 0 radical (unpaired) electrons. The number of amides is 1. The second kappa shape index (κ2) is 7.62. The smallest absolute Gasteiger partial charge is 0.273 e. The highest BCUT2D eigenvalue weighted by Crippen LogP contribution is 2.25. The molecule has 1 unspecified atom stereocenters. The van der Waals surface area contributed by atoms with Crippen molar-refractivity contribution in [3.05, 3.63) is 53.8 Å². The minimum Gasteiger partial charge on any atom is -0.336 e. The average Bonchev–Trinajstić information content (AvgIpc) is 3.47. The third-order valence-electron chi connectivity index (χ3n) is 5.14. The van der Waals surface area contributed by atoms with E-state index >= 15 is 0 Å². The van der Waals surface area contributed by atoms with Crippen LogP contribution < -0.4 is 0 Å². The summed E-state index contributed by atoms with van der Waals surface area (Å²) in [6.07, 6.45) is 4.76. The molecule has 2 aromatic heterocycles. The normalized spacial score (nSPS) is 17.3. The highest BCUT2D eigenvalue weighted by atomic mass is 32.1. The molecule has 7 heteroatoms. The Morgan fingerprint density at radius 2 is 2.15 bits per heavy atom. The molecule has 3 aromatic rings. The highest BCUT2D eigenvalue weighted by molar-refractivity contribution is 7.13. The summed E-state index contributed by atoms with van der Waals surface area (Å²) in [5, 5.41) is 7.08. The third kappa shape index (κ3) is 3.65. The van der Waals surface area contributed by atoms with Gasteiger partial charge in [-0.25, -0.2) is 9.67 Å². The number of hydrogen-bond donors (Lipinski definition) is 0. The first-order valence-corrected chi connectivity index (χ1v) is 10.1. The van der Waals surface area contributed by atoms with Crippen LogP contribution in [0.15, 0.2) is 48.1 Å². The summed E-state index contributed by atoms with van der Waals surface area (Å²) in [7, 11) is 1.89. The van der Waals surface area contributed by atoms with Gasteiger partial charge in [0.25, 0.3) is 5.91 Å². The summed E-state index contributed by atoms with van der Waals surface area (Å²) in [5.41, 5.74) is 2.43. The van der Waals surface area contributed by atoms with Crippen molar-refractivity contribution >= 4 is 17.2 Å². The summed E-state index contributed by atoms with van der Waals surface area (Å²) in [4.78, 5) is 21.6. The molecule has 1 aliphatic rings. The van der Waals surface area contributed by atoms with E-state index in [1.165, 1.54) is 11.3 Å². The molecule has 1 aliphatic heterocycles. The monoisotopic (exact) mass is 381 g/mol. The molecule has 0 saturated carbocycles. The van der Waals surface area contributed by atoms with Crippen LogP contribution in [-0.2, 0) is 0 Å². The van der Waals surface area contributed by atoms with E-state index in [9.17, 15) is 4.79 Å². The molecule has 0 aliphatic carbocycles. The number of thiazole rings is 1. The van der Waals surface area contributed by atoms with Gasteiger partial charge in [-0.3, -0.25) is 4.79 Å². The van der Waals surface area contributed by atoms with Gasteiger partial charge in [-0.1, -0.05) is 25.1 Å². The fourth-order valence-corrected chi connectivity index (χ4v) is 4.19. The molecule has 1 fully saturated rings. The molecule has 6 nitrogen and oxygen atoms in total. The number of carbonyl (C=O) groups is 1. The van der Waals surface area contributed by atoms with Gasteiger partial charge in [-0.05, 0) is 25.1 Å². The van der Waals surface area contributed by atoms with Gasteiger partial charge in [0.2, 0.25) is 0 Å². The largest absolute Gasteiger partial charge is 0.336 e. The zero-order chi connectivity index (χ0) is 18.8. The van der Waals surface area contributed by atoms with E-state index in [1.807, 2.05) is 58.5 Å². The molecule has 0 bridgehead atoms. The van der Waals surface area contributed by atoms with Crippen LogP contribution in [0.1, 0.15) is 23.8 Å². The van der Waals surface area contributed by atoms with Gasteiger partial charge < -0.3 is 9.80 Å². The van der Waals surface area contributed by atoms with Crippen molar-refractivity contribution in [3.63, 3.8) is 0 Å². The van der Waals surface area contributed by atoms with E-state index in [2.05, 4.69) is 21.9 Å². The predicted molar refractivity (Wildman–Crippen MR) is 107 cm³/mol. The first-order chi connectivity index (χ1) is 13.2. The van der Waals surface area contributed by atoms with Crippen LogP contribution in [0.3, 0.4) is 0 Å². The van der Waals surface area contributed by atoms with Gasteiger partial charge in [0, 0.05) is 43.3 Å². The lowest BCUT2D eigenvalue weighted by Crippen LogP contribution is -2.39. The second-order valence-electron chi connectivity index (χ2n) is 6.80. The summed E-state index contributed by atoms with van der Waals surface area (Å²) in [5.74, 6) is -0.00379. The molecule has 0 spiro atoms. The minimum absolute atomic E-state index is 0.00379. The number of likely N-dealkylation sites (N-methyl/N-ethyl adjacent to an activating group) is 2. The molecule has 1 saturated heterocycles. The molecule has 27 heavy (non-hydrogen) atoms. The number of aromatic nitrogens is 3. The SMILES string of the molecule is CCN1CCC(N(C)C(=O)c2csc(-c3cnn(-c4ccccc4)c3)n2)C1. The minimum atomic E-state index is -0.00379. The quantitative estimate of drug-likeness (QED) is 0.681. The Morgan fingerprint density at radius 1 is 1.33 bits per heavy atom. The van der Waals surface area contributed by atoms with E-state index < -0.39 is 0 Å². The Morgan fingerprint density at radius 3 is 2.89 bits per heavy atom. The summed E-state index contributed by atoms with van der Waals surface area (Å²) in [6, 6.07) is 10.2. The zero-order valence-corrected chi connectivity index (χ0v) is 16.4. The number of para-hydroxylation sites is 1. The highest BCUT2D eigenvalue weighted by Gasteiger charge is 2.29. The Labute approximate surface area is 163 Å². The number of nitrogens with zero attached hydrogens (tertiary/aromatic N) is 5. The molecule has 1 aromatic carbocycles. The summed E-state index contributed by atoms with van der Waals surface area (Å²) >= 11 is 1.48. The maximum atomic E-state index is 12.8. The lowest BCUT2D eigenvalue weighted by atomic mass is 10.2. The van der Waals surface area contributed by atoms with Crippen molar-refractivity contribution < 1.29 is 4.79 Å². The fraction of sp³-hybridized carbons (Fsp3) is 0.350. The number of rotatable bonds is 5. The van der Waals surface area contributed by atoms with Crippen LogP contribution >= 0.6 is 11.3 Å². The van der Waals surface area contributed by atoms with Gasteiger partial charge in [-0.15, -0.1) is 11.3 Å².